The summed E-state index contributed by atoms with van der Waals surface area (Å²) < 4.78 is 0. The Labute approximate surface area is 129 Å². The normalized spacial score (nSPS) is 9.16. The average molecular weight is 429 g/mol. The fourth-order valence-corrected chi connectivity index (χ4v) is 1.80. The maximum absolute atomic E-state index is 4.32. The number of aromatic nitrogens is 1. The molecule has 0 radical (unpaired) electrons. The average Bonchev–Trinajstić information content (AvgIpc) is 2.50. The SMILES string of the molecule is CC.[Pt].[c-]1cc2ccccc2cc1-c1ccccn1. The fraction of sp³-hybridized carbons (Fsp3) is 0.118. The van der Waals surface area contributed by atoms with Gasteiger partial charge in [-0.05, 0) is 11.8 Å². The van der Waals surface area contributed by atoms with Crippen LogP contribution in [0.3, 0.4) is 0 Å². The molecule has 0 aliphatic carbocycles. The third-order valence-electron chi connectivity index (χ3n) is 2.62. The van der Waals surface area contributed by atoms with Gasteiger partial charge in [0.15, 0.2) is 0 Å². The summed E-state index contributed by atoms with van der Waals surface area (Å²) in [6.07, 6.45) is 1.80. The van der Waals surface area contributed by atoms with E-state index in [2.05, 4.69) is 29.2 Å². The monoisotopic (exact) mass is 429 g/mol. The molecule has 1 nitrogen and oxygen atoms in total. The van der Waals surface area contributed by atoms with Gasteiger partial charge in [0, 0.05) is 27.3 Å². The zero-order chi connectivity index (χ0) is 12.8. The van der Waals surface area contributed by atoms with Crippen molar-refractivity contribution in [3.05, 3.63) is 66.9 Å². The van der Waals surface area contributed by atoms with E-state index in [0.29, 0.717) is 0 Å². The van der Waals surface area contributed by atoms with Crippen LogP contribution in [-0.2, 0) is 21.1 Å². The van der Waals surface area contributed by atoms with Crippen LogP contribution in [0.1, 0.15) is 13.8 Å². The first-order chi connectivity index (χ1) is 8.93. The van der Waals surface area contributed by atoms with Crippen LogP contribution in [0.4, 0.5) is 0 Å². The second-order valence-electron chi connectivity index (χ2n) is 3.69. The van der Waals surface area contributed by atoms with Gasteiger partial charge in [-0.15, -0.1) is 29.1 Å². The molecule has 1 aromatic heterocycles. The molecule has 0 aliphatic heterocycles. The van der Waals surface area contributed by atoms with E-state index >= 15 is 0 Å². The van der Waals surface area contributed by atoms with E-state index in [1.54, 1.807) is 6.20 Å². The van der Waals surface area contributed by atoms with Crippen LogP contribution in [0, 0.1) is 6.07 Å². The third kappa shape index (κ3) is 3.75. The predicted molar refractivity (Wildman–Crippen MR) is 77.4 cm³/mol. The van der Waals surface area contributed by atoms with Gasteiger partial charge in [-0.25, -0.2) is 0 Å². The Kier molecular flexibility index (Phi) is 6.45. The van der Waals surface area contributed by atoms with Gasteiger partial charge in [0.1, 0.15) is 0 Å². The minimum Gasteiger partial charge on any atom is -0.305 e. The summed E-state index contributed by atoms with van der Waals surface area (Å²) in [4.78, 5) is 4.32. The maximum Gasteiger partial charge on any atom is 0.0160 e. The standard InChI is InChI=1S/C15H10N.C2H6.Pt/c1-2-6-13-11-14(9-8-12(13)5-1)15-7-3-4-10-16-15;1-2;/h1-8,10-11H;1-2H3;/q-1;;. The molecule has 2 aromatic carbocycles. The van der Waals surface area contributed by atoms with Crippen LogP contribution in [0.25, 0.3) is 22.0 Å². The van der Waals surface area contributed by atoms with Crippen LogP contribution in [0.5, 0.6) is 0 Å². The van der Waals surface area contributed by atoms with Gasteiger partial charge in [-0.2, -0.15) is 0 Å². The summed E-state index contributed by atoms with van der Waals surface area (Å²) in [6, 6.07) is 21.6. The summed E-state index contributed by atoms with van der Waals surface area (Å²) in [5.41, 5.74) is 2.01. The molecule has 3 rings (SSSR count). The summed E-state index contributed by atoms with van der Waals surface area (Å²) >= 11 is 0. The molecular weight excluding hydrogens is 413 g/mol. The minimum atomic E-state index is 0. The topological polar surface area (TPSA) is 12.9 Å². The van der Waals surface area contributed by atoms with Gasteiger partial charge in [-0.1, -0.05) is 55.6 Å². The second kappa shape index (κ2) is 7.86. The smallest absolute Gasteiger partial charge is 0.0160 e. The molecule has 0 fully saturated rings. The Morgan fingerprint density at radius 3 is 2.26 bits per heavy atom. The molecule has 2 heteroatoms. The van der Waals surface area contributed by atoms with Crippen LogP contribution in [0.2, 0.25) is 0 Å². The Balaban J connectivity index is 0.000000576. The zero-order valence-electron chi connectivity index (χ0n) is 11.0. The number of hydrogen-bond acceptors (Lipinski definition) is 1. The molecule has 1 heterocycles. The molecule has 0 N–H and O–H groups in total. The first-order valence-corrected chi connectivity index (χ1v) is 6.25. The van der Waals surface area contributed by atoms with Crippen molar-refractivity contribution >= 4 is 10.8 Å². The quantitative estimate of drug-likeness (QED) is 0.510. The first kappa shape index (κ1) is 15.6. The summed E-state index contributed by atoms with van der Waals surface area (Å²) in [6.45, 7) is 4.00. The number of nitrogens with zero attached hydrogens (tertiary/aromatic N) is 1. The fourth-order valence-electron chi connectivity index (χ4n) is 1.80. The van der Waals surface area contributed by atoms with E-state index in [-0.39, 0.29) is 21.1 Å². The van der Waals surface area contributed by atoms with Crippen molar-refractivity contribution in [3.8, 4) is 11.3 Å². The van der Waals surface area contributed by atoms with E-state index < -0.39 is 0 Å². The Morgan fingerprint density at radius 2 is 1.58 bits per heavy atom. The molecule has 0 unspecified atom stereocenters. The third-order valence-corrected chi connectivity index (χ3v) is 2.62. The molecule has 100 valence electrons. The van der Waals surface area contributed by atoms with Crippen LogP contribution >= 0.6 is 0 Å². The first-order valence-electron chi connectivity index (χ1n) is 6.25. The van der Waals surface area contributed by atoms with Crippen molar-refractivity contribution in [2.75, 3.05) is 0 Å². The molecule has 0 aliphatic rings. The Bertz CT molecular complexity index is 620. The van der Waals surface area contributed by atoms with Crippen LogP contribution < -0.4 is 0 Å². The predicted octanol–water partition coefficient (Wildman–Crippen LogP) is 4.73. The molecule has 0 atom stereocenters. The number of pyridine rings is 1. The van der Waals surface area contributed by atoms with E-state index in [0.717, 1.165) is 11.3 Å². The van der Waals surface area contributed by atoms with E-state index in [1.807, 2.05) is 50.2 Å². The maximum atomic E-state index is 4.32. The number of rotatable bonds is 1. The Morgan fingerprint density at radius 1 is 0.895 bits per heavy atom. The summed E-state index contributed by atoms with van der Waals surface area (Å²) in [7, 11) is 0. The Hall–Kier alpha value is -1.46. The van der Waals surface area contributed by atoms with E-state index in [4.69, 9.17) is 0 Å². The van der Waals surface area contributed by atoms with Crippen molar-refractivity contribution < 1.29 is 21.1 Å². The zero-order valence-corrected chi connectivity index (χ0v) is 13.3. The summed E-state index contributed by atoms with van der Waals surface area (Å²) in [5, 5.41) is 2.43. The number of benzene rings is 2. The van der Waals surface area contributed by atoms with Gasteiger partial charge in [0.2, 0.25) is 0 Å². The molecule has 3 aromatic rings. The van der Waals surface area contributed by atoms with Gasteiger partial charge < -0.3 is 4.98 Å². The molecule has 19 heavy (non-hydrogen) atoms. The number of fused-ring (bicyclic) bond motifs is 1. The van der Waals surface area contributed by atoms with Crippen molar-refractivity contribution in [2.45, 2.75) is 13.8 Å². The minimum absolute atomic E-state index is 0. The number of hydrogen-bond donors (Lipinski definition) is 0. The largest absolute Gasteiger partial charge is 0.305 e. The summed E-state index contributed by atoms with van der Waals surface area (Å²) in [5.74, 6) is 0. The molecule has 0 amide bonds. The van der Waals surface area contributed by atoms with Crippen molar-refractivity contribution in [1.82, 2.24) is 4.98 Å². The molecule has 0 bridgehead atoms. The molecular formula is C17H16NPt-. The van der Waals surface area contributed by atoms with Crippen molar-refractivity contribution in [1.29, 1.82) is 0 Å². The van der Waals surface area contributed by atoms with E-state index in [1.165, 1.54) is 10.8 Å². The van der Waals surface area contributed by atoms with E-state index in [9.17, 15) is 0 Å². The molecule has 0 saturated heterocycles. The second-order valence-corrected chi connectivity index (χ2v) is 3.69. The van der Waals surface area contributed by atoms with Crippen LogP contribution in [0.15, 0.2) is 60.8 Å². The molecule has 0 saturated carbocycles. The van der Waals surface area contributed by atoms with Crippen molar-refractivity contribution in [2.24, 2.45) is 0 Å². The van der Waals surface area contributed by atoms with Crippen LogP contribution in [-0.4, -0.2) is 4.98 Å². The van der Waals surface area contributed by atoms with Gasteiger partial charge in [-0.3, -0.25) is 0 Å². The van der Waals surface area contributed by atoms with Crippen molar-refractivity contribution in [3.63, 3.8) is 0 Å². The van der Waals surface area contributed by atoms with Gasteiger partial charge >= 0.3 is 0 Å². The van der Waals surface area contributed by atoms with Gasteiger partial charge in [0.25, 0.3) is 0 Å². The van der Waals surface area contributed by atoms with Gasteiger partial charge in [0.05, 0.1) is 0 Å². The molecule has 0 spiro atoms.